The van der Waals surface area contributed by atoms with E-state index in [1.54, 1.807) is 30.5 Å². The Morgan fingerprint density at radius 1 is 1.28 bits per heavy atom. The largest absolute Gasteiger partial charge is 0.508 e. The van der Waals surface area contributed by atoms with Crippen molar-refractivity contribution in [3.05, 3.63) is 41.6 Å². The number of halogens is 1. The molecule has 1 aliphatic rings. The number of fused-ring (bicyclic) bond motifs is 1. The number of phenols is 1. The Labute approximate surface area is 109 Å². The minimum atomic E-state index is 0.207. The van der Waals surface area contributed by atoms with Gasteiger partial charge < -0.3 is 14.7 Å². The topological polar surface area (TPSA) is 45.6 Å². The second-order valence-electron chi connectivity index (χ2n) is 3.99. The Bertz CT molecular complexity index is 572. The summed E-state index contributed by atoms with van der Waals surface area (Å²) in [5, 5.41) is 10.2. The summed E-state index contributed by atoms with van der Waals surface area (Å²) in [7, 11) is 0. The SMILES string of the molecule is Oc1ccc2c(c1)N(c1ccc(Cl)cn1)CCO2. The van der Waals surface area contributed by atoms with Crippen LogP contribution in [-0.2, 0) is 0 Å². The molecule has 0 radical (unpaired) electrons. The predicted molar refractivity (Wildman–Crippen MR) is 69.9 cm³/mol. The van der Waals surface area contributed by atoms with Gasteiger partial charge in [0.2, 0.25) is 0 Å². The molecule has 0 unspecified atom stereocenters. The summed E-state index contributed by atoms with van der Waals surface area (Å²) >= 11 is 5.83. The van der Waals surface area contributed by atoms with Crippen LogP contribution in [0.25, 0.3) is 0 Å². The molecule has 0 aliphatic carbocycles. The van der Waals surface area contributed by atoms with E-state index in [2.05, 4.69) is 4.98 Å². The molecule has 2 aromatic rings. The van der Waals surface area contributed by atoms with E-state index in [9.17, 15) is 5.11 Å². The van der Waals surface area contributed by atoms with Gasteiger partial charge in [0.1, 0.15) is 23.9 Å². The summed E-state index contributed by atoms with van der Waals surface area (Å²) in [4.78, 5) is 6.28. The van der Waals surface area contributed by atoms with Crippen LogP contribution in [0.15, 0.2) is 36.5 Å². The summed E-state index contributed by atoms with van der Waals surface area (Å²) in [5.74, 6) is 1.74. The minimum absolute atomic E-state index is 0.207. The number of aromatic nitrogens is 1. The van der Waals surface area contributed by atoms with Gasteiger partial charge in [-0.2, -0.15) is 0 Å². The van der Waals surface area contributed by atoms with Crippen molar-refractivity contribution in [2.24, 2.45) is 0 Å². The number of anilines is 2. The van der Waals surface area contributed by atoms with E-state index in [-0.39, 0.29) is 5.75 Å². The molecular weight excluding hydrogens is 252 g/mol. The van der Waals surface area contributed by atoms with Crippen LogP contribution in [0.2, 0.25) is 5.02 Å². The normalized spacial score (nSPS) is 13.9. The molecule has 1 N–H and O–H groups in total. The lowest BCUT2D eigenvalue weighted by molar-refractivity contribution is 0.313. The first-order valence-electron chi connectivity index (χ1n) is 5.59. The smallest absolute Gasteiger partial charge is 0.143 e. The molecule has 0 spiro atoms. The third kappa shape index (κ3) is 1.95. The second-order valence-corrected chi connectivity index (χ2v) is 4.42. The van der Waals surface area contributed by atoms with Crippen LogP contribution in [0.4, 0.5) is 11.5 Å². The van der Waals surface area contributed by atoms with Crippen molar-refractivity contribution in [1.29, 1.82) is 0 Å². The molecule has 2 heterocycles. The van der Waals surface area contributed by atoms with Crippen molar-refractivity contribution in [2.75, 3.05) is 18.1 Å². The number of benzene rings is 1. The molecule has 4 nitrogen and oxygen atoms in total. The lowest BCUT2D eigenvalue weighted by Gasteiger charge is -2.30. The Morgan fingerprint density at radius 3 is 2.94 bits per heavy atom. The van der Waals surface area contributed by atoms with Crippen molar-refractivity contribution in [3.8, 4) is 11.5 Å². The van der Waals surface area contributed by atoms with Crippen molar-refractivity contribution < 1.29 is 9.84 Å². The summed E-state index contributed by atoms with van der Waals surface area (Å²) in [5.41, 5.74) is 0.816. The van der Waals surface area contributed by atoms with E-state index in [0.29, 0.717) is 18.2 Å². The van der Waals surface area contributed by atoms with Gasteiger partial charge in [-0.05, 0) is 24.3 Å². The highest BCUT2D eigenvalue weighted by Gasteiger charge is 2.20. The molecule has 1 aromatic carbocycles. The number of ether oxygens (including phenoxy) is 1. The van der Waals surface area contributed by atoms with Crippen LogP contribution in [0.5, 0.6) is 11.5 Å². The maximum atomic E-state index is 9.57. The van der Waals surface area contributed by atoms with Crippen molar-refractivity contribution in [1.82, 2.24) is 4.98 Å². The first-order chi connectivity index (χ1) is 8.74. The molecule has 92 valence electrons. The number of rotatable bonds is 1. The Morgan fingerprint density at radius 2 is 2.17 bits per heavy atom. The van der Waals surface area contributed by atoms with E-state index < -0.39 is 0 Å². The third-order valence-electron chi connectivity index (χ3n) is 2.79. The quantitative estimate of drug-likeness (QED) is 0.858. The van der Waals surface area contributed by atoms with E-state index >= 15 is 0 Å². The first-order valence-corrected chi connectivity index (χ1v) is 5.97. The zero-order valence-corrected chi connectivity index (χ0v) is 10.3. The van der Waals surface area contributed by atoms with Crippen LogP contribution in [0.3, 0.4) is 0 Å². The van der Waals surface area contributed by atoms with Gasteiger partial charge in [0.15, 0.2) is 0 Å². The number of phenolic OH excluding ortho intramolecular Hbond substituents is 1. The minimum Gasteiger partial charge on any atom is -0.508 e. The standard InChI is InChI=1S/C13H11ClN2O2/c14-9-1-4-13(15-8-9)16-5-6-18-12-3-2-10(17)7-11(12)16/h1-4,7-8,17H,5-6H2. The van der Waals surface area contributed by atoms with Gasteiger partial charge in [0, 0.05) is 12.3 Å². The fourth-order valence-electron chi connectivity index (χ4n) is 1.97. The molecule has 1 aliphatic heterocycles. The van der Waals surface area contributed by atoms with Crippen LogP contribution in [0, 0.1) is 0 Å². The molecule has 0 fully saturated rings. The van der Waals surface area contributed by atoms with E-state index in [1.807, 2.05) is 11.0 Å². The molecule has 0 amide bonds. The molecule has 5 heteroatoms. The molecule has 0 saturated heterocycles. The Hall–Kier alpha value is -1.94. The average molecular weight is 263 g/mol. The van der Waals surface area contributed by atoms with Gasteiger partial charge in [-0.25, -0.2) is 4.98 Å². The summed E-state index contributed by atoms with van der Waals surface area (Å²) in [6.07, 6.45) is 1.61. The fraction of sp³-hybridized carbons (Fsp3) is 0.154. The molecule has 3 rings (SSSR count). The first kappa shape index (κ1) is 11.2. The highest BCUT2D eigenvalue weighted by atomic mass is 35.5. The average Bonchev–Trinajstić information content (AvgIpc) is 2.39. The lowest BCUT2D eigenvalue weighted by Crippen LogP contribution is -2.29. The lowest BCUT2D eigenvalue weighted by atomic mass is 10.2. The van der Waals surface area contributed by atoms with Crippen molar-refractivity contribution >= 4 is 23.1 Å². The van der Waals surface area contributed by atoms with E-state index in [1.165, 1.54) is 0 Å². The Kier molecular flexibility index (Phi) is 2.72. The monoisotopic (exact) mass is 262 g/mol. The van der Waals surface area contributed by atoms with Crippen molar-refractivity contribution in [3.63, 3.8) is 0 Å². The predicted octanol–water partition coefficient (Wildman–Crippen LogP) is 2.97. The summed E-state index contributed by atoms with van der Waals surface area (Å²) in [6, 6.07) is 8.68. The molecule has 1 aromatic heterocycles. The third-order valence-corrected chi connectivity index (χ3v) is 3.02. The van der Waals surface area contributed by atoms with Gasteiger partial charge in [-0.1, -0.05) is 11.6 Å². The van der Waals surface area contributed by atoms with Crippen molar-refractivity contribution in [2.45, 2.75) is 0 Å². The zero-order valence-electron chi connectivity index (χ0n) is 9.51. The number of hydrogen-bond acceptors (Lipinski definition) is 4. The number of pyridine rings is 1. The van der Waals surface area contributed by atoms with Gasteiger partial charge >= 0.3 is 0 Å². The van der Waals surface area contributed by atoms with Crippen LogP contribution < -0.4 is 9.64 Å². The van der Waals surface area contributed by atoms with Crippen LogP contribution in [0.1, 0.15) is 0 Å². The molecule has 18 heavy (non-hydrogen) atoms. The molecule has 0 bridgehead atoms. The Balaban J connectivity index is 2.05. The van der Waals surface area contributed by atoms with Gasteiger partial charge in [0.05, 0.1) is 17.3 Å². The number of aromatic hydroxyl groups is 1. The van der Waals surface area contributed by atoms with Crippen LogP contribution >= 0.6 is 11.6 Å². The number of hydrogen-bond donors (Lipinski definition) is 1. The zero-order chi connectivity index (χ0) is 12.5. The highest BCUT2D eigenvalue weighted by Crippen LogP contribution is 2.38. The van der Waals surface area contributed by atoms with E-state index in [0.717, 1.165) is 17.3 Å². The van der Waals surface area contributed by atoms with E-state index in [4.69, 9.17) is 16.3 Å². The second kappa shape index (κ2) is 4.38. The van der Waals surface area contributed by atoms with Gasteiger partial charge in [0.25, 0.3) is 0 Å². The summed E-state index contributed by atoms with van der Waals surface area (Å²) < 4.78 is 5.55. The van der Waals surface area contributed by atoms with Gasteiger partial charge in [-0.15, -0.1) is 0 Å². The van der Waals surface area contributed by atoms with Gasteiger partial charge in [-0.3, -0.25) is 0 Å². The molecule has 0 saturated carbocycles. The number of nitrogens with zero attached hydrogens (tertiary/aromatic N) is 2. The molecular formula is C13H11ClN2O2. The molecule has 0 atom stereocenters. The van der Waals surface area contributed by atoms with Crippen LogP contribution in [-0.4, -0.2) is 23.2 Å². The maximum absolute atomic E-state index is 9.57. The maximum Gasteiger partial charge on any atom is 0.143 e. The summed E-state index contributed by atoms with van der Waals surface area (Å²) in [6.45, 7) is 1.27. The fourth-order valence-corrected chi connectivity index (χ4v) is 2.08. The highest BCUT2D eigenvalue weighted by molar-refractivity contribution is 6.30.